The van der Waals surface area contributed by atoms with Gasteiger partial charge in [-0.15, -0.1) is 0 Å². The van der Waals surface area contributed by atoms with Gasteiger partial charge in [0.05, 0.1) is 11.5 Å². The lowest BCUT2D eigenvalue weighted by Crippen LogP contribution is -2.41. The third-order valence-electron chi connectivity index (χ3n) is 4.69. The van der Waals surface area contributed by atoms with Crippen molar-refractivity contribution in [2.24, 2.45) is 5.73 Å². The summed E-state index contributed by atoms with van der Waals surface area (Å²) >= 11 is 0. The van der Waals surface area contributed by atoms with Gasteiger partial charge in [-0.3, -0.25) is 10.5 Å². The van der Waals surface area contributed by atoms with Crippen LogP contribution in [0.5, 0.6) is 0 Å². The van der Waals surface area contributed by atoms with E-state index in [1.54, 1.807) is 4.68 Å². The van der Waals surface area contributed by atoms with Crippen molar-refractivity contribution >= 4 is 11.7 Å². The standard InChI is InChI=1S/C22H19N3O/c23-21-19-14-8-7-13-18(19)15-25(21)24-22(26)20(16-9-3-1-4-10-16)17-11-5-2-6-12-17/h1-14,20,23H,15H2,(H,24,26)/p+1. The minimum absolute atomic E-state index is 0.0989. The molecule has 0 spiro atoms. The highest BCUT2D eigenvalue weighted by Crippen LogP contribution is 2.25. The number of rotatable bonds is 4. The lowest BCUT2D eigenvalue weighted by Gasteiger charge is -2.17. The van der Waals surface area contributed by atoms with Crippen molar-refractivity contribution in [2.45, 2.75) is 12.5 Å². The number of hydrazine groups is 1. The minimum Gasteiger partial charge on any atom is -0.285 e. The molecule has 0 saturated heterocycles. The summed E-state index contributed by atoms with van der Waals surface area (Å²) in [6.45, 7) is 0.573. The average molecular weight is 342 g/mol. The van der Waals surface area contributed by atoms with Crippen LogP contribution < -0.4 is 11.2 Å². The van der Waals surface area contributed by atoms with Crippen molar-refractivity contribution in [2.75, 3.05) is 0 Å². The van der Waals surface area contributed by atoms with E-state index in [0.717, 1.165) is 22.3 Å². The van der Waals surface area contributed by atoms with Gasteiger partial charge in [-0.05, 0) is 17.2 Å². The van der Waals surface area contributed by atoms with E-state index in [4.69, 9.17) is 5.73 Å². The predicted octanol–water partition coefficient (Wildman–Crippen LogP) is 2.78. The van der Waals surface area contributed by atoms with Gasteiger partial charge in [0.25, 0.3) is 11.7 Å². The zero-order chi connectivity index (χ0) is 17.9. The number of benzene rings is 3. The van der Waals surface area contributed by atoms with Crippen LogP contribution in [0.2, 0.25) is 0 Å². The first-order valence-electron chi connectivity index (χ1n) is 8.62. The maximum Gasteiger partial charge on any atom is 0.299 e. The summed E-state index contributed by atoms with van der Waals surface area (Å²) in [5, 5.41) is 0. The molecule has 3 N–H and O–H groups in total. The van der Waals surface area contributed by atoms with E-state index in [-0.39, 0.29) is 5.91 Å². The third kappa shape index (κ3) is 2.97. The molecule has 128 valence electrons. The summed E-state index contributed by atoms with van der Waals surface area (Å²) < 4.78 is 1.73. The van der Waals surface area contributed by atoms with E-state index in [1.807, 2.05) is 84.9 Å². The number of hydrogen-bond donors (Lipinski definition) is 2. The Balaban J connectivity index is 1.66. The number of hydrogen-bond acceptors (Lipinski definition) is 2. The Bertz CT molecular complexity index is 925. The number of fused-ring (bicyclic) bond motifs is 1. The number of amides is 1. The molecule has 0 aliphatic carbocycles. The van der Waals surface area contributed by atoms with Gasteiger partial charge in [-0.1, -0.05) is 78.9 Å². The van der Waals surface area contributed by atoms with Crippen molar-refractivity contribution in [3.05, 3.63) is 107 Å². The smallest absolute Gasteiger partial charge is 0.285 e. The monoisotopic (exact) mass is 342 g/mol. The molecule has 0 atom stereocenters. The summed E-state index contributed by atoms with van der Waals surface area (Å²) in [5.41, 5.74) is 13.2. The molecule has 1 amide bonds. The molecule has 1 aliphatic rings. The zero-order valence-electron chi connectivity index (χ0n) is 14.3. The zero-order valence-corrected chi connectivity index (χ0v) is 14.3. The van der Waals surface area contributed by atoms with Gasteiger partial charge < -0.3 is 0 Å². The average Bonchev–Trinajstić information content (AvgIpc) is 2.99. The largest absolute Gasteiger partial charge is 0.299 e. The Kier molecular flexibility index (Phi) is 4.23. The number of nitrogens with two attached hydrogens (primary N) is 1. The van der Waals surface area contributed by atoms with Crippen LogP contribution in [0.4, 0.5) is 0 Å². The first-order valence-corrected chi connectivity index (χ1v) is 8.62. The second-order valence-corrected chi connectivity index (χ2v) is 6.36. The van der Waals surface area contributed by atoms with Crippen molar-refractivity contribution in [3.8, 4) is 0 Å². The van der Waals surface area contributed by atoms with E-state index in [9.17, 15) is 4.79 Å². The second-order valence-electron chi connectivity index (χ2n) is 6.36. The second kappa shape index (κ2) is 6.84. The van der Waals surface area contributed by atoms with Gasteiger partial charge in [-0.2, -0.15) is 10.1 Å². The van der Waals surface area contributed by atoms with Crippen LogP contribution >= 0.6 is 0 Å². The van der Waals surface area contributed by atoms with Crippen LogP contribution in [-0.2, 0) is 11.3 Å². The first-order chi connectivity index (χ1) is 12.7. The summed E-state index contributed by atoms with van der Waals surface area (Å²) in [6.07, 6.45) is 0. The number of hydrazone groups is 1. The van der Waals surface area contributed by atoms with Gasteiger partial charge in [0.2, 0.25) is 0 Å². The quantitative estimate of drug-likeness (QED) is 0.716. The van der Waals surface area contributed by atoms with Gasteiger partial charge in [-0.25, -0.2) is 0 Å². The van der Waals surface area contributed by atoms with Crippen molar-refractivity contribution in [1.29, 1.82) is 0 Å². The fourth-order valence-electron chi connectivity index (χ4n) is 3.39. The Morgan fingerprint density at radius 1 is 0.846 bits per heavy atom. The molecule has 1 aliphatic heterocycles. The summed E-state index contributed by atoms with van der Waals surface area (Å²) in [7, 11) is 0. The molecule has 3 aromatic rings. The molecular formula is C22H20N3O+. The molecule has 0 fully saturated rings. The molecule has 26 heavy (non-hydrogen) atoms. The maximum atomic E-state index is 13.2. The number of carbonyl (C=O) groups is 1. The normalized spacial score (nSPS) is 13.0. The first kappa shape index (κ1) is 16.1. The van der Waals surface area contributed by atoms with Crippen LogP contribution in [0, 0.1) is 0 Å². The highest BCUT2D eigenvalue weighted by molar-refractivity contribution is 5.97. The lowest BCUT2D eigenvalue weighted by atomic mass is 9.91. The molecule has 0 saturated carbocycles. The molecule has 0 aromatic heterocycles. The molecule has 4 nitrogen and oxygen atoms in total. The molecule has 4 rings (SSSR count). The van der Waals surface area contributed by atoms with E-state index < -0.39 is 5.92 Å². The van der Waals surface area contributed by atoms with Gasteiger partial charge in [0.15, 0.2) is 0 Å². The Labute approximate surface area is 152 Å². The third-order valence-corrected chi connectivity index (χ3v) is 4.69. The van der Waals surface area contributed by atoms with Crippen LogP contribution in [0.1, 0.15) is 28.2 Å². The number of nitrogens with one attached hydrogen (secondary N) is 1. The summed E-state index contributed by atoms with van der Waals surface area (Å²) in [6, 6.07) is 27.5. The van der Waals surface area contributed by atoms with Gasteiger partial charge in [0, 0.05) is 5.56 Å². The fraction of sp³-hybridized carbons (Fsp3) is 0.0909. The predicted molar refractivity (Wildman–Crippen MR) is 102 cm³/mol. The van der Waals surface area contributed by atoms with E-state index in [0.29, 0.717) is 12.4 Å². The topological polar surface area (TPSA) is 58.1 Å². The maximum absolute atomic E-state index is 13.2. The summed E-state index contributed by atoms with van der Waals surface area (Å²) in [5.74, 6) is 0.0842. The summed E-state index contributed by atoms with van der Waals surface area (Å²) in [4.78, 5) is 13.2. The van der Waals surface area contributed by atoms with E-state index in [2.05, 4.69) is 5.43 Å². The van der Waals surface area contributed by atoms with Crippen LogP contribution in [-0.4, -0.2) is 16.4 Å². The highest BCUT2D eigenvalue weighted by Gasteiger charge is 2.29. The molecular weight excluding hydrogens is 322 g/mol. The van der Waals surface area contributed by atoms with Crippen LogP contribution in [0.15, 0.2) is 84.9 Å². The molecule has 1 heterocycles. The lowest BCUT2D eigenvalue weighted by molar-refractivity contribution is -0.586. The SMILES string of the molecule is NC1=[N+](NC(=O)C(c2ccccc2)c2ccccc2)Cc2ccccc21. The van der Waals surface area contributed by atoms with Crippen molar-refractivity contribution in [1.82, 2.24) is 5.43 Å². The van der Waals surface area contributed by atoms with Gasteiger partial charge in [0.1, 0.15) is 6.54 Å². The molecule has 4 heteroatoms. The molecule has 0 bridgehead atoms. The van der Waals surface area contributed by atoms with Crippen molar-refractivity contribution < 1.29 is 9.48 Å². The van der Waals surface area contributed by atoms with Crippen LogP contribution in [0.25, 0.3) is 0 Å². The Morgan fingerprint density at radius 2 is 1.38 bits per heavy atom. The Hall–Kier alpha value is -3.40. The number of carbonyl (C=O) groups excluding carboxylic acids is 1. The Morgan fingerprint density at radius 3 is 1.96 bits per heavy atom. The molecule has 0 radical (unpaired) electrons. The molecule has 3 aromatic carbocycles. The van der Waals surface area contributed by atoms with Crippen LogP contribution in [0.3, 0.4) is 0 Å². The minimum atomic E-state index is -0.395. The number of amidine groups is 1. The highest BCUT2D eigenvalue weighted by atomic mass is 16.2. The van der Waals surface area contributed by atoms with E-state index in [1.165, 1.54) is 0 Å². The number of nitrogens with zero attached hydrogens (tertiary/aromatic N) is 1. The molecule has 0 unspecified atom stereocenters. The van der Waals surface area contributed by atoms with E-state index >= 15 is 0 Å². The fourth-order valence-corrected chi connectivity index (χ4v) is 3.39. The van der Waals surface area contributed by atoms with Gasteiger partial charge >= 0.3 is 0 Å². The van der Waals surface area contributed by atoms with Crippen molar-refractivity contribution in [3.63, 3.8) is 0 Å².